The maximum atomic E-state index is 4.53. The Bertz CT molecular complexity index is 680. The van der Waals surface area contributed by atoms with E-state index in [1.54, 1.807) is 0 Å². The fraction of sp³-hybridized carbons (Fsp3) is 0.133. The highest BCUT2D eigenvalue weighted by atomic mass is 15.0. The molecule has 0 radical (unpaired) electrons. The van der Waals surface area contributed by atoms with Gasteiger partial charge in [-0.2, -0.15) is 0 Å². The maximum Gasteiger partial charge on any atom is 0.144 e. The lowest BCUT2D eigenvalue weighted by atomic mass is 10.1. The molecule has 0 aliphatic carbocycles. The van der Waals surface area contributed by atoms with Crippen LogP contribution in [0.5, 0.6) is 0 Å². The number of rotatable bonds is 1. The van der Waals surface area contributed by atoms with E-state index in [2.05, 4.69) is 65.8 Å². The zero-order chi connectivity index (χ0) is 11.8. The van der Waals surface area contributed by atoms with Gasteiger partial charge < -0.3 is 0 Å². The number of fused-ring (bicyclic) bond motifs is 1. The smallest absolute Gasteiger partial charge is 0.144 e. The van der Waals surface area contributed by atoms with Crippen molar-refractivity contribution in [1.82, 2.24) is 9.38 Å². The SMILES string of the molecule is Cc1cccc(-c2ncc3c(C)cccn23)c1. The number of aryl methyl sites for hydroxylation is 2. The molecule has 0 N–H and O–H groups in total. The lowest BCUT2D eigenvalue weighted by molar-refractivity contribution is 1.15. The van der Waals surface area contributed by atoms with Crippen molar-refractivity contribution in [2.45, 2.75) is 13.8 Å². The Balaban J connectivity index is 2.28. The van der Waals surface area contributed by atoms with Gasteiger partial charge in [0.2, 0.25) is 0 Å². The van der Waals surface area contributed by atoms with Gasteiger partial charge in [-0.05, 0) is 31.5 Å². The molecule has 84 valence electrons. The molecule has 2 nitrogen and oxygen atoms in total. The zero-order valence-electron chi connectivity index (χ0n) is 10.0. The van der Waals surface area contributed by atoms with E-state index in [0.717, 1.165) is 11.4 Å². The summed E-state index contributed by atoms with van der Waals surface area (Å²) in [7, 11) is 0. The first-order valence-electron chi connectivity index (χ1n) is 5.75. The summed E-state index contributed by atoms with van der Waals surface area (Å²) in [6, 6.07) is 12.6. The minimum atomic E-state index is 1.01. The second kappa shape index (κ2) is 3.74. The Kier molecular flexibility index (Phi) is 2.22. The maximum absolute atomic E-state index is 4.53. The van der Waals surface area contributed by atoms with Gasteiger partial charge in [-0.15, -0.1) is 0 Å². The molecule has 2 heterocycles. The van der Waals surface area contributed by atoms with Crippen molar-refractivity contribution in [2.24, 2.45) is 0 Å². The molecule has 0 unspecified atom stereocenters. The Morgan fingerprint density at radius 3 is 2.76 bits per heavy atom. The van der Waals surface area contributed by atoms with E-state index >= 15 is 0 Å². The lowest BCUT2D eigenvalue weighted by Crippen LogP contribution is -1.90. The molecule has 1 aromatic carbocycles. The Hall–Kier alpha value is -2.09. The topological polar surface area (TPSA) is 17.3 Å². The highest BCUT2D eigenvalue weighted by molar-refractivity contribution is 5.65. The fourth-order valence-electron chi connectivity index (χ4n) is 2.16. The van der Waals surface area contributed by atoms with Gasteiger partial charge in [0.15, 0.2) is 0 Å². The third kappa shape index (κ3) is 1.62. The van der Waals surface area contributed by atoms with E-state index in [1.807, 2.05) is 6.20 Å². The van der Waals surface area contributed by atoms with Crippen LogP contribution in [0.2, 0.25) is 0 Å². The normalized spacial score (nSPS) is 10.9. The molecule has 0 saturated heterocycles. The summed E-state index contributed by atoms with van der Waals surface area (Å²) in [6.45, 7) is 4.21. The second-order valence-corrected chi connectivity index (χ2v) is 4.40. The van der Waals surface area contributed by atoms with Gasteiger partial charge in [0.05, 0.1) is 11.7 Å². The molecule has 0 atom stereocenters. The summed E-state index contributed by atoms with van der Waals surface area (Å²) < 4.78 is 2.14. The molecule has 2 aromatic heterocycles. The molecule has 0 bridgehead atoms. The van der Waals surface area contributed by atoms with Crippen LogP contribution in [0, 0.1) is 13.8 Å². The molecule has 0 aliphatic heterocycles. The van der Waals surface area contributed by atoms with Crippen LogP contribution in [0.15, 0.2) is 48.8 Å². The van der Waals surface area contributed by atoms with Crippen LogP contribution in [-0.4, -0.2) is 9.38 Å². The third-order valence-electron chi connectivity index (χ3n) is 3.06. The van der Waals surface area contributed by atoms with E-state index in [-0.39, 0.29) is 0 Å². The average Bonchev–Trinajstić information content (AvgIpc) is 2.74. The molecule has 0 aliphatic rings. The van der Waals surface area contributed by atoms with Gasteiger partial charge in [-0.25, -0.2) is 4.98 Å². The van der Waals surface area contributed by atoms with Gasteiger partial charge in [-0.3, -0.25) is 4.40 Å². The Labute approximate surface area is 101 Å². The van der Waals surface area contributed by atoms with Crippen molar-refractivity contribution in [3.63, 3.8) is 0 Å². The molecule has 17 heavy (non-hydrogen) atoms. The number of imidazole rings is 1. The first-order valence-corrected chi connectivity index (χ1v) is 5.75. The predicted molar refractivity (Wildman–Crippen MR) is 70.1 cm³/mol. The second-order valence-electron chi connectivity index (χ2n) is 4.40. The summed E-state index contributed by atoms with van der Waals surface area (Å²) in [5.41, 5.74) is 4.84. The monoisotopic (exact) mass is 222 g/mol. The van der Waals surface area contributed by atoms with Crippen LogP contribution >= 0.6 is 0 Å². The molecular weight excluding hydrogens is 208 g/mol. The molecule has 0 fully saturated rings. The van der Waals surface area contributed by atoms with Gasteiger partial charge in [0, 0.05) is 11.8 Å². The summed E-state index contributed by atoms with van der Waals surface area (Å²) in [5.74, 6) is 1.01. The number of pyridine rings is 1. The van der Waals surface area contributed by atoms with Crippen molar-refractivity contribution in [3.8, 4) is 11.4 Å². The van der Waals surface area contributed by atoms with E-state index in [1.165, 1.54) is 16.6 Å². The van der Waals surface area contributed by atoms with Crippen molar-refractivity contribution in [1.29, 1.82) is 0 Å². The molecule has 2 heteroatoms. The van der Waals surface area contributed by atoms with Crippen molar-refractivity contribution in [3.05, 3.63) is 59.9 Å². The van der Waals surface area contributed by atoms with Crippen molar-refractivity contribution in [2.75, 3.05) is 0 Å². The van der Waals surface area contributed by atoms with Crippen molar-refractivity contribution >= 4 is 5.52 Å². The van der Waals surface area contributed by atoms with Crippen LogP contribution in [0.1, 0.15) is 11.1 Å². The number of hydrogen-bond donors (Lipinski definition) is 0. The largest absolute Gasteiger partial charge is 0.300 e. The van der Waals surface area contributed by atoms with Crippen LogP contribution in [0.4, 0.5) is 0 Å². The first-order chi connectivity index (χ1) is 8.25. The van der Waals surface area contributed by atoms with E-state index < -0.39 is 0 Å². The number of hydrogen-bond acceptors (Lipinski definition) is 1. The van der Waals surface area contributed by atoms with Gasteiger partial charge in [0.25, 0.3) is 0 Å². The van der Waals surface area contributed by atoms with Crippen molar-refractivity contribution < 1.29 is 0 Å². The summed E-state index contributed by atoms with van der Waals surface area (Å²) in [4.78, 5) is 4.53. The first kappa shape index (κ1) is 10.1. The number of aromatic nitrogens is 2. The molecule has 0 saturated carbocycles. The lowest BCUT2D eigenvalue weighted by Gasteiger charge is -2.03. The van der Waals surface area contributed by atoms with E-state index in [0.29, 0.717) is 0 Å². The standard InChI is InChI=1S/C15H14N2/c1-11-5-3-7-13(9-11)15-16-10-14-12(2)6-4-8-17(14)15/h3-10H,1-2H3. The summed E-state index contributed by atoms with van der Waals surface area (Å²) in [6.07, 6.45) is 4.00. The minimum absolute atomic E-state index is 1.01. The number of nitrogens with zero attached hydrogens (tertiary/aromatic N) is 2. The molecule has 3 rings (SSSR count). The van der Waals surface area contributed by atoms with Crippen LogP contribution in [-0.2, 0) is 0 Å². The quantitative estimate of drug-likeness (QED) is 0.614. The summed E-state index contributed by atoms with van der Waals surface area (Å²) >= 11 is 0. The Morgan fingerprint density at radius 2 is 1.94 bits per heavy atom. The predicted octanol–water partition coefficient (Wildman–Crippen LogP) is 3.62. The average molecular weight is 222 g/mol. The highest BCUT2D eigenvalue weighted by Crippen LogP contribution is 2.21. The Morgan fingerprint density at radius 1 is 1.06 bits per heavy atom. The third-order valence-corrected chi connectivity index (χ3v) is 3.06. The molecule has 0 amide bonds. The zero-order valence-corrected chi connectivity index (χ0v) is 10.0. The van der Waals surface area contributed by atoms with Gasteiger partial charge in [0.1, 0.15) is 5.82 Å². The fourth-order valence-corrected chi connectivity index (χ4v) is 2.16. The van der Waals surface area contributed by atoms with Crippen LogP contribution in [0.25, 0.3) is 16.9 Å². The summed E-state index contributed by atoms with van der Waals surface area (Å²) in [5, 5.41) is 0. The van der Waals surface area contributed by atoms with Gasteiger partial charge >= 0.3 is 0 Å². The molecular formula is C15H14N2. The highest BCUT2D eigenvalue weighted by Gasteiger charge is 2.06. The van der Waals surface area contributed by atoms with Crippen LogP contribution in [0.3, 0.4) is 0 Å². The molecule has 3 aromatic rings. The number of benzene rings is 1. The van der Waals surface area contributed by atoms with Crippen LogP contribution < -0.4 is 0 Å². The minimum Gasteiger partial charge on any atom is -0.300 e. The van der Waals surface area contributed by atoms with E-state index in [9.17, 15) is 0 Å². The van der Waals surface area contributed by atoms with Gasteiger partial charge in [-0.1, -0.05) is 29.8 Å². The van der Waals surface area contributed by atoms with E-state index in [4.69, 9.17) is 0 Å². The molecule has 0 spiro atoms.